The van der Waals surface area contributed by atoms with Gasteiger partial charge in [-0.15, -0.1) is 11.3 Å². The summed E-state index contributed by atoms with van der Waals surface area (Å²) in [5.74, 6) is 0. The van der Waals surface area contributed by atoms with Crippen LogP contribution in [0.3, 0.4) is 0 Å². The van der Waals surface area contributed by atoms with E-state index in [0.717, 1.165) is 48.0 Å². The number of H-pyrrole nitrogens is 2. The third kappa shape index (κ3) is 2.40. The molecule has 0 fully saturated rings. The fraction of sp³-hybridized carbons (Fsp3) is 0.250. The predicted molar refractivity (Wildman–Crippen MR) is 103 cm³/mol. The van der Waals surface area contributed by atoms with Crippen molar-refractivity contribution in [3.63, 3.8) is 0 Å². The SMILES string of the molecule is CCN1CCc2cc(-c3c[nH+]c4[nH]c5cnc(C#N)cc5c4c3)sc2C1. The van der Waals surface area contributed by atoms with Crippen LogP contribution in [0.2, 0.25) is 0 Å². The number of hydrogen-bond donors (Lipinski definition) is 1. The Kier molecular flexibility index (Phi) is 3.52. The molecule has 0 spiro atoms. The Bertz CT molecular complexity index is 1180. The fourth-order valence-electron chi connectivity index (χ4n) is 3.71. The zero-order chi connectivity index (χ0) is 17.7. The van der Waals surface area contributed by atoms with E-state index in [2.05, 4.69) is 51.2 Å². The second-order valence-electron chi connectivity index (χ2n) is 6.71. The average Bonchev–Trinajstić information content (AvgIpc) is 3.27. The molecule has 0 atom stereocenters. The molecule has 128 valence electrons. The third-order valence-corrected chi connectivity index (χ3v) is 6.41. The lowest BCUT2D eigenvalue weighted by molar-refractivity contribution is -0.346. The van der Waals surface area contributed by atoms with E-state index >= 15 is 0 Å². The summed E-state index contributed by atoms with van der Waals surface area (Å²) < 4.78 is 0. The van der Waals surface area contributed by atoms with Crippen LogP contribution in [-0.2, 0) is 13.0 Å². The van der Waals surface area contributed by atoms with Crippen molar-refractivity contribution in [2.24, 2.45) is 0 Å². The van der Waals surface area contributed by atoms with Crippen molar-refractivity contribution in [3.8, 4) is 16.5 Å². The molecule has 4 aromatic rings. The van der Waals surface area contributed by atoms with Crippen molar-refractivity contribution in [1.29, 1.82) is 5.26 Å². The van der Waals surface area contributed by atoms with Crippen LogP contribution in [-0.4, -0.2) is 28.0 Å². The van der Waals surface area contributed by atoms with Crippen LogP contribution in [0.5, 0.6) is 0 Å². The standard InChI is InChI=1S/C20H17N5S/c1-2-25-4-3-12-6-18(26-19(12)11-25)13-5-16-15-7-14(8-21)22-10-17(15)24-20(16)23-9-13/h5-7,9-10H,2-4,11H2,1H3,(H,23,24)/p+1. The molecule has 5 rings (SSSR count). The van der Waals surface area contributed by atoms with Crippen molar-refractivity contribution >= 4 is 33.3 Å². The summed E-state index contributed by atoms with van der Waals surface area (Å²) in [5, 5.41) is 11.3. The van der Waals surface area contributed by atoms with Gasteiger partial charge in [0.05, 0.1) is 17.8 Å². The van der Waals surface area contributed by atoms with Crippen molar-refractivity contribution in [2.75, 3.05) is 13.1 Å². The summed E-state index contributed by atoms with van der Waals surface area (Å²) in [4.78, 5) is 16.2. The number of thiophene rings is 1. The summed E-state index contributed by atoms with van der Waals surface area (Å²) in [6, 6.07) is 8.53. The normalized spacial score (nSPS) is 14.6. The molecule has 4 aromatic heterocycles. The molecule has 0 amide bonds. The number of pyridine rings is 2. The van der Waals surface area contributed by atoms with Gasteiger partial charge in [-0.25, -0.2) is 15.0 Å². The van der Waals surface area contributed by atoms with Crippen LogP contribution < -0.4 is 4.98 Å². The predicted octanol–water partition coefficient (Wildman–Crippen LogP) is 3.51. The first kappa shape index (κ1) is 15.5. The van der Waals surface area contributed by atoms with Crippen molar-refractivity contribution in [3.05, 3.63) is 46.7 Å². The van der Waals surface area contributed by atoms with Crippen LogP contribution in [0.25, 0.3) is 32.4 Å². The first-order chi connectivity index (χ1) is 12.7. The molecule has 6 heteroatoms. The number of rotatable bonds is 2. The highest BCUT2D eigenvalue weighted by atomic mass is 32.1. The van der Waals surface area contributed by atoms with Gasteiger partial charge in [-0.2, -0.15) is 5.26 Å². The maximum atomic E-state index is 9.14. The fourth-order valence-corrected chi connectivity index (χ4v) is 4.96. The first-order valence-corrected chi connectivity index (χ1v) is 9.64. The van der Waals surface area contributed by atoms with Gasteiger partial charge < -0.3 is 0 Å². The molecule has 26 heavy (non-hydrogen) atoms. The van der Waals surface area contributed by atoms with E-state index < -0.39 is 0 Å². The molecule has 0 unspecified atom stereocenters. The summed E-state index contributed by atoms with van der Waals surface area (Å²) in [6.07, 6.45) is 4.92. The molecule has 0 radical (unpaired) electrons. The molecule has 0 saturated carbocycles. The molecule has 5 nitrogen and oxygen atoms in total. The van der Waals surface area contributed by atoms with Crippen LogP contribution in [0.1, 0.15) is 23.1 Å². The largest absolute Gasteiger partial charge is 0.298 e. The summed E-state index contributed by atoms with van der Waals surface area (Å²) in [5.41, 5.74) is 5.02. The lowest BCUT2D eigenvalue weighted by atomic mass is 10.1. The lowest BCUT2D eigenvalue weighted by Crippen LogP contribution is -2.28. The van der Waals surface area contributed by atoms with Gasteiger partial charge in [-0.05, 0) is 36.7 Å². The number of likely N-dealkylation sites (N-methyl/N-ethyl adjacent to an activating group) is 1. The minimum absolute atomic E-state index is 0.440. The van der Waals surface area contributed by atoms with Gasteiger partial charge in [0.2, 0.25) is 0 Å². The van der Waals surface area contributed by atoms with Crippen molar-refractivity contribution < 1.29 is 4.98 Å². The van der Waals surface area contributed by atoms with Gasteiger partial charge in [0, 0.05) is 33.8 Å². The number of hydrogen-bond acceptors (Lipinski definition) is 4. The Labute approximate surface area is 154 Å². The molecule has 1 aliphatic rings. The van der Waals surface area contributed by atoms with E-state index in [4.69, 9.17) is 5.26 Å². The van der Waals surface area contributed by atoms with E-state index in [1.807, 2.05) is 17.4 Å². The smallest absolute Gasteiger partial charge is 0.285 e. The number of aromatic amines is 2. The van der Waals surface area contributed by atoms with E-state index in [0.29, 0.717) is 5.69 Å². The van der Waals surface area contributed by atoms with E-state index in [9.17, 15) is 0 Å². The maximum absolute atomic E-state index is 9.14. The molecular weight excluding hydrogens is 342 g/mol. The first-order valence-electron chi connectivity index (χ1n) is 8.82. The average molecular weight is 360 g/mol. The number of fused-ring (bicyclic) bond motifs is 4. The maximum Gasteiger partial charge on any atom is 0.285 e. The Hall–Kier alpha value is -2.75. The number of aromatic nitrogens is 3. The van der Waals surface area contributed by atoms with Gasteiger partial charge in [-0.3, -0.25) is 4.90 Å². The summed E-state index contributed by atoms with van der Waals surface area (Å²) in [6.45, 7) is 5.55. The van der Waals surface area contributed by atoms with E-state index in [-0.39, 0.29) is 0 Å². The van der Waals surface area contributed by atoms with Gasteiger partial charge >= 0.3 is 0 Å². The Morgan fingerprint density at radius 3 is 3.12 bits per heavy atom. The van der Waals surface area contributed by atoms with Crippen molar-refractivity contribution in [1.82, 2.24) is 14.9 Å². The van der Waals surface area contributed by atoms with Crippen LogP contribution in [0, 0.1) is 11.3 Å². The number of nitrogens with one attached hydrogen (secondary N) is 2. The molecule has 0 aliphatic carbocycles. The van der Waals surface area contributed by atoms with Crippen LogP contribution >= 0.6 is 11.3 Å². The van der Waals surface area contributed by atoms with Gasteiger partial charge in [-0.1, -0.05) is 6.92 Å². The second-order valence-corrected chi connectivity index (χ2v) is 7.84. The van der Waals surface area contributed by atoms with Crippen LogP contribution in [0.15, 0.2) is 30.6 Å². The van der Waals surface area contributed by atoms with Gasteiger partial charge in [0.25, 0.3) is 5.65 Å². The zero-order valence-electron chi connectivity index (χ0n) is 14.5. The molecule has 1 aliphatic heterocycles. The monoisotopic (exact) mass is 360 g/mol. The molecule has 2 N–H and O–H groups in total. The minimum atomic E-state index is 0.440. The highest BCUT2D eigenvalue weighted by Gasteiger charge is 2.20. The number of nitriles is 1. The minimum Gasteiger partial charge on any atom is -0.298 e. The second kappa shape index (κ2) is 5.90. The molecule has 0 aromatic carbocycles. The highest BCUT2D eigenvalue weighted by molar-refractivity contribution is 7.15. The van der Waals surface area contributed by atoms with Crippen molar-refractivity contribution in [2.45, 2.75) is 19.9 Å². The zero-order valence-corrected chi connectivity index (χ0v) is 15.3. The van der Waals surface area contributed by atoms with E-state index in [1.54, 1.807) is 6.20 Å². The van der Waals surface area contributed by atoms with Gasteiger partial charge in [0.15, 0.2) is 5.52 Å². The topological polar surface area (TPSA) is 69.8 Å². The molecule has 0 bridgehead atoms. The Balaban J connectivity index is 1.63. The van der Waals surface area contributed by atoms with Gasteiger partial charge in [0.1, 0.15) is 11.8 Å². The van der Waals surface area contributed by atoms with E-state index in [1.165, 1.54) is 20.9 Å². The molecule has 0 saturated heterocycles. The summed E-state index contributed by atoms with van der Waals surface area (Å²) >= 11 is 1.90. The molecule has 5 heterocycles. The third-order valence-electron chi connectivity index (χ3n) is 5.20. The lowest BCUT2D eigenvalue weighted by Gasteiger charge is -2.24. The molecular formula is C20H18N5S+. The Morgan fingerprint density at radius 2 is 2.27 bits per heavy atom. The Morgan fingerprint density at radius 1 is 1.35 bits per heavy atom. The quantitative estimate of drug-likeness (QED) is 0.595. The summed E-state index contributed by atoms with van der Waals surface area (Å²) in [7, 11) is 0. The highest BCUT2D eigenvalue weighted by Crippen LogP contribution is 2.36. The number of nitrogens with zero attached hydrogens (tertiary/aromatic N) is 3. The van der Waals surface area contributed by atoms with Crippen LogP contribution in [0.4, 0.5) is 0 Å².